The number of hydrogen-bond acceptors (Lipinski definition) is 3. The third-order valence-electron chi connectivity index (χ3n) is 2.62. The molecule has 0 saturated carbocycles. The van der Waals surface area contributed by atoms with Crippen molar-refractivity contribution >= 4 is 28.9 Å². The van der Waals surface area contributed by atoms with Crippen LogP contribution in [0.3, 0.4) is 0 Å². The van der Waals surface area contributed by atoms with E-state index in [0.29, 0.717) is 18.1 Å². The molecule has 1 unspecified atom stereocenters. The van der Waals surface area contributed by atoms with E-state index in [-0.39, 0.29) is 11.7 Å². The number of rotatable bonds is 6. The van der Waals surface area contributed by atoms with Gasteiger partial charge in [-0.05, 0) is 23.6 Å². The zero-order chi connectivity index (χ0) is 13.7. The van der Waals surface area contributed by atoms with Crippen LogP contribution in [0.1, 0.15) is 27.8 Å². The average Bonchev–Trinajstić information content (AvgIpc) is 2.92. The van der Waals surface area contributed by atoms with E-state index in [1.807, 2.05) is 17.5 Å². The van der Waals surface area contributed by atoms with E-state index in [9.17, 15) is 4.79 Å². The largest absolute Gasteiger partial charge is 0.484 e. The fraction of sp³-hybridized carbons (Fsp3) is 0.214. The zero-order valence-corrected chi connectivity index (χ0v) is 11.7. The molecule has 2 rings (SSSR count). The van der Waals surface area contributed by atoms with E-state index >= 15 is 0 Å². The molecule has 0 fully saturated rings. The van der Waals surface area contributed by atoms with Crippen LogP contribution >= 0.6 is 22.9 Å². The van der Waals surface area contributed by atoms with E-state index in [4.69, 9.17) is 21.4 Å². The van der Waals surface area contributed by atoms with Crippen molar-refractivity contribution in [3.8, 4) is 5.75 Å². The van der Waals surface area contributed by atoms with Gasteiger partial charge in [0.25, 0.3) is 0 Å². The summed E-state index contributed by atoms with van der Waals surface area (Å²) >= 11 is 7.36. The lowest BCUT2D eigenvalue weighted by molar-refractivity contribution is 0.0689. The summed E-state index contributed by atoms with van der Waals surface area (Å²) in [5.41, 5.74) is 0.165. The van der Waals surface area contributed by atoms with E-state index in [2.05, 4.69) is 0 Å². The summed E-state index contributed by atoms with van der Waals surface area (Å²) in [5, 5.41) is 11.1. The molecule has 0 bridgehead atoms. The summed E-state index contributed by atoms with van der Waals surface area (Å²) in [6.45, 7) is 0. The van der Waals surface area contributed by atoms with Crippen LogP contribution in [-0.2, 0) is 0 Å². The van der Waals surface area contributed by atoms with Gasteiger partial charge < -0.3 is 9.84 Å². The van der Waals surface area contributed by atoms with Crippen molar-refractivity contribution in [2.75, 3.05) is 5.88 Å². The molecule has 0 spiro atoms. The van der Waals surface area contributed by atoms with Crippen LogP contribution < -0.4 is 4.74 Å². The molecular weight excluding hydrogens is 284 g/mol. The number of benzene rings is 1. The summed E-state index contributed by atoms with van der Waals surface area (Å²) in [4.78, 5) is 12.2. The van der Waals surface area contributed by atoms with E-state index in [1.165, 1.54) is 6.07 Å². The number of hydrogen-bond donors (Lipinski definition) is 1. The van der Waals surface area contributed by atoms with Gasteiger partial charge in [-0.3, -0.25) is 0 Å². The zero-order valence-electron chi connectivity index (χ0n) is 10.1. The molecule has 1 aromatic carbocycles. The number of ether oxygens (including phenoxy) is 1. The minimum absolute atomic E-state index is 0.165. The highest BCUT2D eigenvalue weighted by molar-refractivity contribution is 7.10. The number of para-hydroxylation sites is 1. The van der Waals surface area contributed by atoms with Gasteiger partial charge in [-0.2, -0.15) is 0 Å². The van der Waals surface area contributed by atoms with Crippen molar-refractivity contribution in [1.29, 1.82) is 0 Å². The first kappa shape index (κ1) is 13.9. The Kier molecular flexibility index (Phi) is 4.82. The Labute approximate surface area is 120 Å². The Morgan fingerprint density at radius 1 is 1.32 bits per heavy atom. The van der Waals surface area contributed by atoms with E-state index in [1.54, 1.807) is 29.5 Å². The van der Waals surface area contributed by atoms with Gasteiger partial charge in [-0.15, -0.1) is 22.9 Å². The van der Waals surface area contributed by atoms with Gasteiger partial charge in [0.05, 0.1) is 0 Å². The first-order chi connectivity index (χ1) is 9.22. The van der Waals surface area contributed by atoms with Crippen molar-refractivity contribution in [3.05, 3.63) is 52.2 Å². The molecule has 100 valence electrons. The molecule has 0 amide bonds. The molecular formula is C14H13ClO3S. The van der Waals surface area contributed by atoms with Crippen LogP contribution in [0.25, 0.3) is 0 Å². The fourth-order valence-electron chi connectivity index (χ4n) is 1.73. The van der Waals surface area contributed by atoms with Gasteiger partial charge in [-0.1, -0.05) is 18.2 Å². The van der Waals surface area contributed by atoms with Gasteiger partial charge in [0.2, 0.25) is 0 Å². The SMILES string of the molecule is O=C(O)c1ccccc1OC(CCCl)c1cccs1. The maximum absolute atomic E-state index is 11.1. The molecule has 0 radical (unpaired) electrons. The predicted molar refractivity (Wildman–Crippen MR) is 76.4 cm³/mol. The van der Waals surface area contributed by atoms with Crippen molar-refractivity contribution in [3.63, 3.8) is 0 Å². The normalized spacial score (nSPS) is 12.1. The Hall–Kier alpha value is -1.52. The number of carbonyl (C=O) groups is 1. The second kappa shape index (κ2) is 6.59. The summed E-state index contributed by atoms with van der Waals surface area (Å²) in [6, 6.07) is 10.5. The Bertz CT molecular complexity index is 539. The lowest BCUT2D eigenvalue weighted by Crippen LogP contribution is -2.10. The molecule has 5 heteroatoms. The summed E-state index contributed by atoms with van der Waals surface area (Å²) in [6.07, 6.45) is 0.425. The molecule has 0 aliphatic rings. The van der Waals surface area contributed by atoms with Gasteiger partial charge in [0.15, 0.2) is 0 Å². The molecule has 3 nitrogen and oxygen atoms in total. The van der Waals surface area contributed by atoms with Crippen molar-refractivity contribution in [2.24, 2.45) is 0 Å². The molecule has 0 saturated heterocycles. The smallest absolute Gasteiger partial charge is 0.339 e. The predicted octanol–water partition coefficient (Wildman–Crippen LogP) is 4.20. The molecule has 2 aromatic rings. The molecule has 0 aliphatic heterocycles. The number of aromatic carboxylic acids is 1. The first-order valence-electron chi connectivity index (χ1n) is 5.80. The van der Waals surface area contributed by atoms with Crippen molar-refractivity contribution in [2.45, 2.75) is 12.5 Å². The quantitative estimate of drug-likeness (QED) is 0.813. The molecule has 19 heavy (non-hydrogen) atoms. The topological polar surface area (TPSA) is 46.5 Å². The molecule has 1 atom stereocenters. The molecule has 1 N–H and O–H groups in total. The van der Waals surface area contributed by atoms with E-state index < -0.39 is 5.97 Å². The second-order valence-corrected chi connectivity index (χ2v) is 5.26. The molecule has 1 aromatic heterocycles. The van der Waals surface area contributed by atoms with Crippen LogP contribution in [0.4, 0.5) is 0 Å². The van der Waals surface area contributed by atoms with Crippen LogP contribution in [0.5, 0.6) is 5.75 Å². The summed E-state index contributed by atoms with van der Waals surface area (Å²) < 4.78 is 5.84. The minimum atomic E-state index is -0.994. The molecule has 0 aliphatic carbocycles. The number of alkyl halides is 1. The summed E-state index contributed by atoms with van der Waals surface area (Å²) in [7, 11) is 0. The highest BCUT2D eigenvalue weighted by Gasteiger charge is 2.18. The number of carboxylic acid groups (broad SMARTS) is 1. The highest BCUT2D eigenvalue weighted by atomic mass is 35.5. The van der Waals surface area contributed by atoms with Crippen molar-refractivity contribution in [1.82, 2.24) is 0 Å². The van der Waals surface area contributed by atoms with Gasteiger partial charge in [-0.25, -0.2) is 4.79 Å². The fourth-order valence-corrected chi connectivity index (χ4v) is 2.72. The standard InChI is InChI=1S/C14H13ClO3S/c15-8-7-12(13-6-3-9-19-13)18-11-5-2-1-4-10(11)14(16)17/h1-6,9,12H,7-8H2,(H,16,17). The van der Waals surface area contributed by atoms with E-state index in [0.717, 1.165) is 4.88 Å². The highest BCUT2D eigenvalue weighted by Crippen LogP contribution is 2.30. The number of halogens is 1. The Morgan fingerprint density at radius 3 is 2.74 bits per heavy atom. The second-order valence-electron chi connectivity index (χ2n) is 3.90. The maximum Gasteiger partial charge on any atom is 0.339 e. The monoisotopic (exact) mass is 296 g/mol. The third-order valence-corrected chi connectivity index (χ3v) is 3.80. The van der Waals surface area contributed by atoms with Crippen LogP contribution in [-0.4, -0.2) is 17.0 Å². The van der Waals surface area contributed by atoms with Gasteiger partial charge in [0.1, 0.15) is 17.4 Å². The molecule has 1 heterocycles. The lowest BCUT2D eigenvalue weighted by atomic mass is 10.2. The Balaban J connectivity index is 2.25. The van der Waals surface area contributed by atoms with Crippen LogP contribution in [0.2, 0.25) is 0 Å². The van der Waals surface area contributed by atoms with Crippen LogP contribution in [0, 0.1) is 0 Å². The Morgan fingerprint density at radius 2 is 2.11 bits per heavy atom. The maximum atomic E-state index is 11.1. The average molecular weight is 297 g/mol. The van der Waals surface area contributed by atoms with Gasteiger partial charge in [0, 0.05) is 17.2 Å². The number of carboxylic acids is 1. The van der Waals surface area contributed by atoms with Gasteiger partial charge >= 0.3 is 5.97 Å². The van der Waals surface area contributed by atoms with Crippen LogP contribution in [0.15, 0.2) is 41.8 Å². The minimum Gasteiger partial charge on any atom is -0.484 e. The summed E-state index contributed by atoms with van der Waals surface area (Å²) in [5.74, 6) is -0.164. The number of thiophene rings is 1. The lowest BCUT2D eigenvalue weighted by Gasteiger charge is -2.18. The third kappa shape index (κ3) is 3.49. The van der Waals surface area contributed by atoms with Crippen molar-refractivity contribution < 1.29 is 14.6 Å². The first-order valence-corrected chi connectivity index (χ1v) is 7.22.